The van der Waals surface area contributed by atoms with E-state index in [-0.39, 0.29) is 18.4 Å². The molecule has 1 fully saturated rings. The van der Waals surface area contributed by atoms with Gasteiger partial charge in [0.25, 0.3) is 0 Å². The summed E-state index contributed by atoms with van der Waals surface area (Å²) in [5.41, 5.74) is 0.354. The van der Waals surface area contributed by atoms with Crippen molar-refractivity contribution in [3.8, 4) is 0 Å². The summed E-state index contributed by atoms with van der Waals surface area (Å²) >= 11 is 1.31. The first-order valence-corrected chi connectivity index (χ1v) is 7.20. The van der Waals surface area contributed by atoms with Gasteiger partial charge in [-0.15, -0.1) is 11.3 Å². The topological polar surface area (TPSA) is 84.5 Å². The van der Waals surface area contributed by atoms with Crippen LogP contribution in [0.2, 0.25) is 0 Å². The Hall–Kier alpha value is -1.89. The summed E-state index contributed by atoms with van der Waals surface area (Å²) < 4.78 is 4.95. The average Bonchev–Trinajstić information content (AvgIpc) is 2.96. The molecule has 1 aromatic rings. The van der Waals surface area contributed by atoms with Crippen molar-refractivity contribution in [2.45, 2.75) is 32.7 Å². The van der Waals surface area contributed by atoms with E-state index >= 15 is 0 Å². The molecule has 0 spiro atoms. The van der Waals surface area contributed by atoms with Crippen molar-refractivity contribution in [2.24, 2.45) is 0 Å². The van der Waals surface area contributed by atoms with E-state index in [1.165, 1.54) is 11.3 Å². The summed E-state index contributed by atoms with van der Waals surface area (Å²) in [5.74, 6) is -0.885. The smallest absolute Gasteiger partial charge is 0.341 e. The molecule has 0 saturated carbocycles. The van der Waals surface area contributed by atoms with Crippen molar-refractivity contribution in [3.63, 3.8) is 0 Å². The molecule has 108 valence electrons. The molecule has 1 aromatic heterocycles. The van der Waals surface area contributed by atoms with E-state index in [2.05, 4.69) is 10.6 Å². The number of carbonyl (C=O) groups excluding carboxylic acids is 3. The third-order valence-corrected chi connectivity index (χ3v) is 3.87. The molecule has 0 radical (unpaired) electrons. The number of amides is 2. The lowest BCUT2D eigenvalue weighted by Crippen LogP contribution is -2.37. The van der Waals surface area contributed by atoms with Crippen molar-refractivity contribution < 1.29 is 19.1 Å². The van der Waals surface area contributed by atoms with Crippen molar-refractivity contribution in [1.82, 2.24) is 5.32 Å². The molecule has 7 heteroatoms. The first-order valence-electron chi connectivity index (χ1n) is 6.39. The number of carbonyl (C=O) groups is 3. The van der Waals surface area contributed by atoms with Crippen LogP contribution in [0, 0.1) is 6.92 Å². The highest BCUT2D eigenvalue weighted by Gasteiger charge is 2.28. The lowest BCUT2D eigenvalue weighted by molar-refractivity contribution is -0.122. The summed E-state index contributed by atoms with van der Waals surface area (Å²) in [7, 11) is 0. The highest BCUT2D eigenvalue weighted by atomic mass is 32.1. The van der Waals surface area contributed by atoms with Gasteiger partial charge < -0.3 is 15.4 Å². The lowest BCUT2D eigenvalue weighted by atomic mass is 10.2. The Morgan fingerprint density at radius 3 is 2.90 bits per heavy atom. The molecule has 2 N–H and O–H groups in total. The summed E-state index contributed by atoms with van der Waals surface area (Å²) in [6.07, 6.45) is 0.829. The van der Waals surface area contributed by atoms with Gasteiger partial charge in [0.05, 0.1) is 12.2 Å². The van der Waals surface area contributed by atoms with Crippen LogP contribution in [-0.4, -0.2) is 30.4 Å². The van der Waals surface area contributed by atoms with Gasteiger partial charge in [-0.2, -0.15) is 0 Å². The first kappa shape index (κ1) is 14.5. The number of rotatable bonds is 4. The van der Waals surface area contributed by atoms with Crippen LogP contribution in [0.25, 0.3) is 0 Å². The molecule has 1 aliphatic heterocycles. The van der Waals surface area contributed by atoms with Gasteiger partial charge in [0.2, 0.25) is 11.8 Å². The van der Waals surface area contributed by atoms with Crippen LogP contribution in [0.15, 0.2) is 6.07 Å². The quantitative estimate of drug-likeness (QED) is 0.824. The highest BCUT2D eigenvalue weighted by Crippen LogP contribution is 2.28. The van der Waals surface area contributed by atoms with Crippen molar-refractivity contribution in [1.29, 1.82) is 0 Å². The summed E-state index contributed by atoms with van der Waals surface area (Å²) in [5, 5.41) is 5.75. The largest absolute Gasteiger partial charge is 0.462 e. The minimum atomic E-state index is -0.528. The molecule has 1 aliphatic rings. The van der Waals surface area contributed by atoms with E-state index in [1.807, 2.05) is 6.92 Å². The predicted molar refractivity (Wildman–Crippen MR) is 74.8 cm³/mol. The molecule has 2 rings (SSSR count). The minimum absolute atomic E-state index is 0.127. The normalized spacial score (nSPS) is 17.7. The van der Waals surface area contributed by atoms with Gasteiger partial charge in [0.15, 0.2) is 0 Å². The Bertz CT molecular complexity index is 553. The van der Waals surface area contributed by atoms with Crippen molar-refractivity contribution in [2.75, 3.05) is 11.9 Å². The van der Waals surface area contributed by atoms with Crippen LogP contribution < -0.4 is 10.6 Å². The van der Waals surface area contributed by atoms with Crippen molar-refractivity contribution in [3.05, 3.63) is 16.5 Å². The Morgan fingerprint density at radius 2 is 2.30 bits per heavy atom. The maximum absolute atomic E-state index is 12.0. The zero-order valence-corrected chi connectivity index (χ0v) is 12.1. The molecule has 1 atom stereocenters. The van der Waals surface area contributed by atoms with Gasteiger partial charge in [0.1, 0.15) is 11.0 Å². The molecule has 2 heterocycles. The van der Waals surface area contributed by atoms with Gasteiger partial charge in [0, 0.05) is 11.3 Å². The number of nitrogens with one attached hydrogen (secondary N) is 2. The number of ether oxygens (including phenoxy) is 1. The van der Waals surface area contributed by atoms with Gasteiger partial charge in [-0.25, -0.2) is 4.79 Å². The van der Waals surface area contributed by atoms with E-state index in [0.717, 1.165) is 4.88 Å². The molecule has 2 amide bonds. The number of anilines is 1. The van der Waals surface area contributed by atoms with Gasteiger partial charge >= 0.3 is 5.97 Å². The maximum atomic E-state index is 12.0. The fourth-order valence-electron chi connectivity index (χ4n) is 1.98. The zero-order valence-electron chi connectivity index (χ0n) is 11.3. The van der Waals surface area contributed by atoms with E-state index in [0.29, 0.717) is 23.4 Å². The Balaban J connectivity index is 2.10. The minimum Gasteiger partial charge on any atom is -0.462 e. The van der Waals surface area contributed by atoms with Gasteiger partial charge in [-0.3, -0.25) is 9.59 Å². The van der Waals surface area contributed by atoms with E-state index in [9.17, 15) is 14.4 Å². The van der Waals surface area contributed by atoms with Crippen LogP contribution in [0.5, 0.6) is 0 Å². The number of esters is 1. The van der Waals surface area contributed by atoms with Gasteiger partial charge in [-0.1, -0.05) is 0 Å². The van der Waals surface area contributed by atoms with Crippen LogP contribution in [-0.2, 0) is 14.3 Å². The average molecular weight is 296 g/mol. The molecule has 1 saturated heterocycles. The van der Waals surface area contributed by atoms with Crippen LogP contribution >= 0.6 is 11.3 Å². The molecular weight excluding hydrogens is 280 g/mol. The highest BCUT2D eigenvalue weighted by molar-refractivity contribution is 7.16. The molecular formula is C13H16N2O4S. The summed E-state index contributed by atoms with van der Waals surface area (Å²) in [6.45, 7) is 3.85. The fourth-order valence-corrected chi connectivity index (χ4v) is 2.88. The third kappa shape index (κ3) is 3.16. The third-order valence-electron chi connectivity index (χ3n) is 2.90. The van der Waals surface area contributed by atoms with E-state index < -0.39 is 12.0 Å². The van der Waals surface area contributed by atoms with E-state index in [1.54, 1.807) is 13.0 Å². The zero-order chi connectivity index (χ0) is 14.7. The lowest BCUT2D eigenvalue weighted by Gasteiger charge is -2.10. The van der Waals surface area contributed by atoms with Crippen LogP contribution in [0.4, 0.5) is 5.00 Å². The Kier molecular flexibility index (Phi) is 4.39. The SMILES string of the molecule is CCOC(=O)c1cc(C)sc1NC(=O)[C@@H]1CCC(=O)N1. The van der Waals surface area contributed by atoms with E-state index in [4.69, 9.17) is 4.74 Å². The monoisotopic (exact) mass is 296 g/mol. The van der Waals surface area contributed by atoms with Crippen molar-refractivity contribution >= 4 is 34.1 Å². The second kappa shape index (κ2) is 6.04. The summed E-state index contributed by atoms with van der Waals surface area (Å²) in [4.78, 5) is 35.8. The maximum Gasteiger partial charge on any atom is 0.341 e. The Labute approximate surface area is 120 Å². The number of hydrogen-bond acceptors (Lipinski definition) is 5. The van der Waals surface area contributed by atoms with Crippen LogP contribution in [0.3, 0.4) is 0 Å². The second-order valence-electron chi connectivity index (χ2n) is 4.47. The van der Waals surface area contributed by atoms with Crippen LogP contribution in [0.1, 0.15) is 35.0 Å². The first-order chi connectivity index (χ1) is 9.51. The Morgan fingerprint density at radius 1 is 1.55 bits per heavy atom. The number of thiophene rings is 1. The number of aryl methyl sites for hydroxylation is 1. The second-order valence-corrected chi connectivity index (χ2v) is 5.72. The number of hydrogen-bond donors (Lipinski definition) is 2. The fraction of sp³-hybridized carbons (Fsp3) is 0.462. The predicted octanol–water partition coefficient (Wildman–Crippen LogP) is 1.45. The standard InChI is InChI=1S/C13H16N2O4S/c1-3-19-13(18)8-6-7(2)20-12(8)15-11(17)9-4-5-10(16)14-9/h6,9H,3-5H2,1-2H3,(H,14,16)(H,15,17)/t9-/m0/s1. The molecule has 0 aromatic carbocycles. The summed E-state index contributed by atoms with van der Waals surface area (Å²) in [6, 6.07) is 1.16. The molecule has 0 unspecified atom stereocenters. The molecule has 6 nitrogen and oxygen atoms in total. The molecule has 0 bridgehead atoms. The molecule has 0 aliphatic carbocycles. The van der Waals surface area contributed by atoms with Gasteiger partial charge in [-0.05, 0) is 26.3 Å². The molecule has 20 heavy (non-hydrogen) atoms.